The van der Waals surface area contributed by atoms with Crippen molar-refractivity contribution in [1.82, 2.24) is 0 Å². The van der Waals surface area contributed by atoms with E-state index in [-0.39, 0.29) is 22.3 Å². The fourth-order valence-corrected chi connectivity index (χ4v) is 3.06. The highest BCUT2D eigenvalue weighted by molar-refractivity contribution is 7.95. The number of halogens is 2. The van der Waals surface area contributed by atoms with Crippen LogP contribution in [-0.2, 0) is 14.6 Å². The molecule has 0 atom stereocenters. The van der Waals surface area contributed by atoms with Gasteiger partial charge in [-0.25, -0.2) is 17.2 Å². The van der Waals surface area contributed by atoms with Crippen molar-refractivity contribution >= 4 is 27.8 Å². The number of rotatable bonds is 6. The number of benzene rings is 2. The first-order chi connectivity index (χ1) is 13.2. The Morgan fingerprint density at radius 2 is 1.43 bits per heavy atom. The monoisotopic (exact) mass is 398 g/mol. The molecule has 0 aliphatic rings. The van der Waals surface area contributed by atoms with E-state index in [0.717, 1.165) is 30.4 Å². The first kappa shape index (κ1) is 20.7. The Labute approximate surface area is 160 Å². The molecule has 28 heavy (non-hydrogen) atoms. The van der Waals surface area contributed by atoms with E-state index in [2.05, 4.69) is 0 Å². The fraction of sp³-hybridized carbons (Fsp3) is 0.0500. The number of sulfone groups is 1. The van der Waals surface area contributed by atoms with Crippen molar-refractivity contribution in [3.63, 3.8) is 0 Å². The topological polar surface area (TPSA) is 98.8 Å². The van der Waals surface area contributed by atoms with Gasteiger partial charge in [-0.2, -0.15) is 10.5 Å². The van der Waals surface area contributed by atoms with Crippen LogP contribution in [0.15, 0.2) is 47.9 Å². The Bertz CT molecular complexity index is 1170. The second-order valence-corrected chi connectivity index (χ2v) is 7.49. The number of nitrogens with zero attached hydrogens (tertiary/aromatic N) is 2. The summed E-state index contributed by atoms with van der Waals surface area (Å²) < 4.78 is 51.4. The third-order valence-corrected chi connectivity index (χ3v) is 4.74. The molecule has 0 saturated heterocycles. The molecule has 0 unspecified atom stereocenters. The number of carbonyl (C=O) groups excluding carboxylic acids is 1. The lowest BCUT2D eigenvalue weighted by Crippen LogP contribution is -2.11. The van der Waals surface area contributed by atoms with Crippen LogP contribution in [0.5, 0.6) is 0 Å². The molecule has 0 fully saturated rings. The predicted molar refractivity (Wildman–Crippen MR) is 99.1 cm³/mol. The van der Waals surface area contributed by atoms with Crippen LogP contribution in [0, 0.1) is 34.3 Å². The lowest BCUT2D eigenvalue weighted by Gasteiger charge is -1.99. The maximum atomic E-state index is 13.7. The Hall–Kier alpha value is -3.62. The number of hydrogen-bond acceptors (Lipinski definition) is 5. The minimum Gasteiger partial charge on any atom is -0.294 e. The largest absolute Gasteiger partial charge is 0.294 e. The van der Waals surface area contributed by atoms with Gasteiger partial charge in [0.2, 0.25) is 0 Å². The van der Waals surface area contributed by atoms with Crippen molar-refractivity contribution in [3.05, 3.63) is 81.8 Å². The van der Waals surface area contributed by atoms with Gasteiger partial charge in [-0.3, -0.25) is 4.79 Å². The molecule has 0 amide bonds. The van der Waals surface area contributed by atoms with Crippen LogP contribution in [0.1, 0.15) is 22.3 Å². The van der Waals surface area contributed by atoms with Gasteiger partial charge in [-0.15, -0.1) is 0 Å². The quantitative estimate of drug-likeness (QED) is 0.695. The standard InChI is InChI=1S/C20H12F2N2O3S/c21-19-9-14(11-23)1-3-16(19)5-6-18(25)13-28(26,27)8-7-17-4-2-15(12-24)10-20(17)22/h1-10H,13H2. The van der Waals surface area contributed by atoms with Crippen LogP contribution in [0.2, 0.25) is 0 Å². The number of carbonyl (C=O) groups is 1. The highest BCUT2D eigenvalue weighted by Crippen LogP contribution is 2.14. The zero-order chi connectivity index (χ0) is 20.7. The van der Waals surface area contributed by atoms with Crippen LogP contribution in [0.3, 0.4) is 0 Å². The molecule has 0 aliphatic carbocycles. The van der Waals surface area contributed by atoms with Gasteiger partial charge in [-0.05, 0) is 42.5 Å². The number of nitriles is 2. The lowest BCUT2D eigenvalue weighted by molar-refractivity contribution is -0.112. The maximum absolute atomic E-state index is 13.7. The van der Waals surface area contributed by atoms with Gasteiger partial charge in [0.15, 0.2) is 15.6 Å². The minimum atomic E-state index is -3.99. The van der Waals surface area contributed by atoms with E-state index in [1.165, 1.54) is 24.3 Å². The molecular formula is C20H12F2N2O3S. The second-order valence-electron chi connectivity index (χ2n) is 5.61. The van der Waals surface area contributed by atoms with E-state index in [1.54, 1.807) is 12.1 Å². The molecule has 0 aromatic heterocycles. The van der Waals surface area contributed by atoms with Crippen molar-refractivity contribution in [3.8, 4) is 12.1 Å². The molecule has 0 heterocycles. The minimum absolute atomic E-state index is 0.0277. The van der Waals surface area contributed by atoms with Gasteiger partial charge in [0.05, 0.1) is 23.3 Å². The van der Waals surface area contributed by atoms with Crippen LogP contribution < -0.4 is 0 Å². The smallest absolute Gasteiger partial charge is 0.179 e. The summed E-state index contributed by atoms with van der Waals surface area (Å²) in [6.45, 7) is 0. The second kappa shape index (κ2) is 8.85. The van der Waals surface area contributed by atoms with E-state index in [9.17, 15) is 22.0 Å². The van der Waals surface area contributed by atoms with Gasteiger partial charge in [-0.1, -0.05) is 12.1 Å². The zero-order valence-electron chi connectivity index (χ0n) is 14.3. The predicted octanol–water partition coefficient (Wildman–Crippen LogP) is 3.38. The summed E-state index contributed by atoms with van der Waals surface area (Å²) in [6, 6.07) is 10.7. The molecule has 2 rings (SSSR count). The third-order valence-electron chi connectivity index (χ3n) is 3.51. The highest BCUT2D eigenvalue weighted by Gasteiger charge is 2.12. The Kier molecular flexibility index (Phi) is 6.54. The van der Waals surface area contributed by atoms with Crippen LogP contribution in [0.25, 0.3) is 12.2 Å². The van der Waals surface area contributed by atoms with Crippen molar-refractivity contribution in [2.45, 2.75) is 0 Å². The van der Waals surface area contributed by atoms with E-state index < -0.39 is 33.0 Å². The van der Waals surface area contributed by atoms with Gasteiger partial charge >= 0.3 is 0 Å². The molecule has 0 spiro atoms. The van der Waals surface area contributed by atoms with Gasteiger partial charge < -0.3 is 0 Å². The van der Waals surface area contributed by atoms with Gasteiger partial charge in [0.1, 0.15) is 17.4 Å². The van der Waals surface area contributed by atoms with Crippen LogP contribution in [-0.4, -0.2) is 20.0 Å². The molecule has 0 aliphatic heterocycles. The van der Waals surface area contributed by atoms with Crippen molar-refractivity contribution in [1.29, 1.82) is 10.5 Å². The molecule has 8 heteroatoms. The summed E-state index contributed by atoms with van der Waals surface area (Å²) in [4.78, 5) is 11.8. The highest BCUT2D eigenvalue weighted by atomic mass is 32.2. The Morgan fingerprint density at radius 3 is 1.89 bits per heavy atom. The molecule has 0 bridgehead atoms. The third kappa shape index (κ3) is 5.70. The summed E-state index contributed by atoms with van der Waals surface area (Å²) in [6.07, 6.45) is 3.01. The zero-order valence-corrected chi connectivity index (χ0v) is 15.1. The van der Waals surface area contributed by atoms with Crippen molar-refractivity contribution in [2.75, 3.05) is 5.75 Å². The van der Waals surface area contributed by atoms with Crippen LogP contribution in [0.4, 0.5) is 8.78 Å². The lowest BCUT2D eigenvalue weighted by atomic mass is 10.1. The Balaban J connectivity index is 2.08. The van der Waals surface area contributed by atoms with Crippen LogP contribution >= 0.6 is 0 Å². The van der Waals surface area contributed by atoms with Gasteiger partial charge in [0, 0.05) is 16.5 Å². The first-order valence-corrected chi connectivity index (χ1v) is 9.46. The Morgan fingerprint density at radius 1 is 0.929 bits per heavy atom. The van der Waals surface area contributed by atoms with E-state index in [0.29, 0.717) is 5.41 Å². The molecular weight excluding hydrogens is 386 g/mol. The normalized spacial score (nSPS) is 11.4. The molecule has 5 nitrogen and oxygen atoms in total. The first-order valence-electron chi connectivity index (χ1n) is 7.75. The number of allylic oxidation sites excluding steroid dienone is 1. The molecule has 140 valence electrons. The molecule has 0 radical (unpaired) electrons. The van der Waals surface area contributed by atoms with E-state index >= 15 is 0 Å². The van der Waals surface area contributed by atoms with E-state index in [4.69, 9.17) is 10.5 Å². The summed E-state index contributed by atoms with van der Waals surface area (Å²) in [5.74, 6) is -3.17. The summed E-state index contributed by atoms with van der Waals surface area (Å²) in [7, 11) is -3.99. The SMILES string of the molecule is N#Cc1ccc(C=CC(=O)CS(=O)(=O)C=Cc2ccc(C#N)cc2F)c(F)c1. The van der Waals surface area contributed by atoms with Gasteiger partial charge in [0.25, 0.3) is 0 Å². The summed E-state index contributed by atoms with van der Waals surface area (Å²) in [5.41, 5.74) is 0.182. The fourth-order valence-electron chi connectivity index (χ4n) is 2.12. The number of hydrogen-bond donors (Lipinski definition) is 0. The summed E-state index contributed by atoms with van der Waals surface area (Å²) in [5, 5.41) is 18.1. The maximum Gasteiger partial charge on any atom is 0.179 e. The van der Waals surface area contributed by atoms with Crippen molar-refractivity contribution < 1.29 is 22.0 Å². The average molecular weight is 398 g/mol. The van der Waals surface area contributed by atoms with E-state index in [1.807, 2.05) is 0 Å². The molecule has 2 aromatic rings. The average Bonchev–Trinajstić information content (AvgIpc) is 2.65. The molecule has 0 N–H and O–H groups in total. The summed E-state index contributed by atoms with van der Waals surface area (Å²) >= 11 is 0. The molecule has 2 aromatic carbocycles. The molecule has 0 saturated carbocycles. The number of ketones is 1. The van der Waals surface area contributed by atoms with Crippen molar-refractivity contribution in [2.24, 2.45) is 0 Å².